The number of benzene rings is 1. The molecule has 17 heavy (non-hydrogen) atoms. The van der Waals surface area contributed by atoms with Crippen LogP contribution in [0.2, 0.25) is 0 Å². The van der Waals surface area contributed by atoms with Gasteiger partial charge in [0.15, 0.2) is 0 Å². The van der Waals surface area contributed by atoms with E-state index in [-0.39, 0.29) is 0 Å². The predicted molar refractivity (Wildman–Crippen MR) is 73.6 cm³/mol. The Morgan fingerprint density at radius 3 is 2.53 bits per heavy atom. The standard InChI is InChI=1S/C13H20N4/c1-15-13-11(10-14)4-3-5-12(13)17-8-6-16(2)7-9-17/h3-5,10,14-15H,6-9H2,1-2H3. The van der Waals surface area contributed by atoms with Crippen LogP contribution in [0.4, 0.5) is 11.4 Å². The first-order valence-corrected chi connectivity index (χ1v) is 6.01. The molecule has 0 atom stereocenters. The third kappa shape index (κ3) is 2.42. The van der Waals surface area contributed by atoms with Crippen molar-refractivity contribution in [1.29, 1.82) is 5.41 Å². The molecule has 92 valence electrons. The van der Waals surface area contributed by atoms with Gasteiger partial charge in [-0.25, -0.2) is 0 Å². The number of para-hydroxylation sites is 1. The lowest BCUT2D eigenvalue weighted by Crippen LogP contribution is -2.44. The molecule has 0 amide bonds. The van der Waals surface area contributed by atoms with Gasteiger partial charge >= 0.3 is 0 Å². The predicted octanol–water partition coefficient (Wildman–Crippen LogP) is 1.48. The lowest BCUT2D eigenvalue weighted by atomic mass is 10.1. The first-order chi connectivity index (χ1) is 8.26. The molecular formula is C13H20N4. The number of hydrogen-bond acceptors (Lipinski definition) is 4. The Bertz CT molecular complexity index is 394. The van der Waals surface area contributed by atoms with E-state index in [1.807, 2.05) is 19.2 Å². The maximum absolute atomic E-state index is 7.44. The Kier molecular flexibility index (Phi) is 3.64. The number of nitrogens with zero attached hydrogens (tertiary/aromatic N) is 2. The molecule has 1 aliphatic heterocycles. The van der Waals surface area contributed by atoms with Gasteiger partial charge in [-0.1, -0.05) is 12.1 Å². The van der Waals surface area contributed by atoms with Gasteiger partial charge in [-0.05, 0) is 13.1 Å². The third-order valence-corrected chi connectivity index (χ3v) is 3.32. The normalized spacial score (nSPS) is 16.9. The second kappa shape index (κ2) is 5.19. The second-order valence-electron chi connectivity index (χ2n) is 4.43. The zero-order valence-corrected chi connectivity index (χ0v) is 10.5. The van der Waals surface area contributed by atoms with Crippen molar-refractivity contribution in [3.8, 4) is 0 Å². The Hall–Kier alpha value is -1.55. The number of anilines is 2. The Balaban J connectivity index is 2.28. The van der Waals surface area contributed by atoms with Gasteiger partial charge < -0.3 is 20.5 Å². The summed E-state index contributed by atoms with van der Waals surface area (Å²) in [6.07, 6.45) is 1.41. The SMILES string of the molecule is CNc1c(C=N)cccc1N1CCN(C)CC1. The molecule has 1 aromatic carbocycles. The van der Waals surface area contributed by atoms with Gasteiger partial charge in [0.25, 0.3) is 0 Å². The average molecular weight is 232 g/mol. The summed E-state index contributed by atoms with van der Waals surface area (Å²) in [5.41, 5.74) is 3.22. The Labute approximate surface area is 103 Å². The zero-order chi connectivity index (χ0) is 12.3. The van der Waals surface area contributed by atoms with Crippen molar-refractivity contribution in [1.82, 2.24) is 4.90 Å². The molecule has 1 saturated heterocycles. The number of hydrogen-bond donors (Lipinski definition) is 2. The van der Waals surface area contributed by atoms with E-state index in [1.165, 1.54) is 11.9 Å². The van der Waals surface area contributed by atoms with Crippen molar-refractivity contribution in [3.05, 3.63) is 23.8 Å². The van der Waals surface area contributed by atoms with Crippen molar-refractivity contribution in [3.63, 3.8) is 0 Å². The molecule has 0 aliphatic carbocycles. The molecule has 1 aromatic rings. The van der Waals surface area contributed by atoms with Crippen LogP contribution < -0.4 is 10.2 Å². The summed E-state index contributed by atoms with van der Waals surface area (Å²) in [6.45, 7) is 4.29. The molecule has 1 fully saturated rings. The first kappa shape index (κ1) is 11.9. The van der Waals surface area contributed by atoms with Gasteiger partial charge in [0.2, 0.25) is 0 Å². The van der Waals surface area contributed by atoms with Crippen molar-refractivity contribution in [2.45, 2.75) is 0 Å². The van der Waals surface area contributed by atoms with Crippen LogP contribution in [-0.4, -0.2) is 51.4 Å². The highest BCUT2D eigenvalue weighted by molar-refractivity contribution is 5.91. The van der Waals surface area contributed by atoms with Gasteiger partial charge in [0, 0.05) is 45.0 Å². The van der Waals surface area contributed by atoms with Crippen LogP contribution in [0.1, 0.15) is 5.56 Å². The number of rotatable bonds is 3. The van der Waals surface area contributed by atoms with Crippen LogP contribution in [0.25, 0.3) is 0 Å². The van der Waals surface area contributed by atoms with E-state index in [1.54, 1.807) is 0 Å². The molecule has 4 nitrogen and oxygen atoms in total. The van der Waals surface area contributed by atoms with E-state index in [4.69, 9.17) is 5.41 Å². The van der Waals surface area contributed by atoms with Crippen LogP contribution in [0.3, 0.4) is 0 Å². The molecule has 1 heterocycles. The Morgan fingerprint density at radius 1 is 1.24 bits per heavy atom. The van der Waals surface area contributed by atoms with E-state index in [2.05, 4.69) is 28.2 Å². The molecule has 0 unspecified atom stereocenters. The summed E-state index contributed by atoms with van der Waals surface area (Å²) in [5.74, 6) is 0. The van der Waals surface area contributed by atoms with E-state index in [0.717, 1.165) is 37.4 Å². The minimum Gasteiger partial charge on any atom is -0.386 e. The molecule has 4 heteroatoms. The fraction of sp³-hybridized carbons (Fsp3) is 0.462. The molecule has 2 rings (SSSR count). The highest BCUT2D eigenvalue weighted by atomic mass is 15.3. The quantitative estimate of drug-likeness (QED) is 0.776. The number of piperazine rings is 1. The van der Waals surface area contributed by atoms with Crippen molar-refractivity contribution in [2.75, 3.05) is 50.5 Å². The van der Waals surface area contributed by atoms with E-state index in [9.17, 15) is 0 Å². The first-order valence-electron chi connectivity index (χ1n) is 6.01. The largest absolute Gasteiger partial charge is 0.386 e. The highest BCUT2D eigenvalue weighted by Crippen LogP contribution is 2.29. The van der Waals surface area contributed by atoms with Crippen LogP contribution >= 0.6 is 0 Å². The van der Waals surface area contributed by atoms with Crippen LogP contribution in [0.5, 0.6) is 0 Å². The van der Waals surface area contributed by atoms with Crippen LogP contribution in [-0.2, 0) is 0 Å². The molecule has 0 radical (unpaired) electrons. The van der Waals surface area contributed by atoms with Gasteiger partial charge in [-0.15, -0.1) is 0 Å². The molecule has 0 saturated carbocycles. The second-order valence-corrected chi connectivity index (χ2v) is 4.43. The maximum atomic E-state index is 7.44. The highest BCUT2D eigenvalue weighted by Gasteiger charge is 2.17. The van der Waals surface area contributed by atoms with Gasteiger partial charge in [-0.2, -0.15) is 0 Å². The van der Waals surface area contributed by atoms with Crippen molar-refractivity contribution in [2.24, 2.45) is 0 Å². The summed E-state index contributed by atoms with van der Waals surface area (Å²) < 4.78 is 0. The lowest BCUT2D eigenvalue weighted by Gasteiger charge is -2.35. The fourth-order valence-corrected chi connectivity index (χ4v) is 2.26. The van der Waals surface area contributed by atoms with Crippen LogP contribution in [0.15, 0.2) is 18.2 Å². The molecular weight excluding hydrogens is 212 g/mol. The fourth-order valence-electron chi connectivity index (χ4n) is 2.26. The average Bonchev–Trinajstić information content (AvgIpc) is 2.38. The summed E-state index contributed by atoms with van der Waals surface area (Å²) in [7, 11) is 4.08. The van der Waals surface area contributed by atoms with E-state index >= 15 is 0 Å². The monoisotopic (exact) mass is 232 g/mol. The molecule has 2 N–H and O–H groups in total. The maximum Gasteiger partial charge on any atom is 0.0664 e. The van der Waals surface area contributed by atoms with Gasteiger partial charge in [0.1, 0.15) is 0 Å². The van der Waals surface area contributed by atoms with E-state index in [0.29, 0.717) is 0 Å². The van der Waals surface area contributed by atoms with Crippen molar-refractivity contribution >= 4 is 17.6 Å². The minimum absolute atomic E-state index is 0.948. The molecule has 1 aliphatic rings. The third-order valence-electron chi connectivity index (χ3n) is 3.32. The summed E-state index contributed by atoms with van der Waals surface area (Å²) in [5, 5.41) is 10.7. The lowest BCUT2D eigenvalue weighted by molar-refractivity contribution is 0.313. The van der Waals surface area contributed by atoms with Crippen molar-refractivity contribution < 1.29 is 0 Å². The number of likely N-dealkylation sites (N-methyl/N-ethyl adjacent to an activating group) is 1. The minimum atomic E-state index is 0.948. The van der Waals surface area contributed by atoms with Gasteiger partial charge in [0.05, 0.1) is 11.4 Å². The smallest absolute Gasteiger partial charge is 0.0664 e. The topological polar surface area (TPSA) is 42.4 Å². The molecule has 0 aromatic heterocycles. The summed E-state index contributed by atoms with van der Waals surface area (Å²) in [6, 6.07) is 6.12. The molecule has 0 spiro atoms. The van der Waals surface area contributed by atoms with Crippen LogP contribution in [0, 0.1) is 5.41 Å². The van der Waals surface area contributed by atoms with Gasteiger partial charge in [-0.3, -0.25) is 0 Å². The molecule has 0 bridgehead atoms. The summed E-state index contributed by atoms with van der Waals surface area (Å²) in [4.78, 5) is 4.73. The summed E-state index contributed by atoms with van der Waals surface area (Å²) >= 11 is 0. The van der Waals surface area contributed by atoms with E-state index < -0.39 is 0 Å². The zero-order valence-electron chi connectivity index (χ0n) is 10.5. The number of nitrogens with one attached hydrogen (secondary N) is 2. The Morgan fingerprint density at radius 2 is 1.94 bits per heavy atom.